The molecule has 1 aromatic heterocycles. The SMILES string of the molecule is CCN(C(=O)Cn1cnc2ccccc2c1=O)[C@H]1CCS(=O)(=O)C1. The third-order valence-electron chi connectivity index (χ3n) is 4.35. The largest absolute Gasteiger partial charge is 0.337 e. The van der Waals surface area contributed by atoms with Gasteiger partial charge in [-0.2, -0.15) is 0 Å². The number of para-hydroxylation sites is 1. The first-order valence-corrected chi connectivity index (χ1v) is 9.67. The van der Waals surface area contributed by atoms with Crippen molar-refractivity contribution < 1.29 is 13.2 Å². The summed E-state index contributed by atoms with van der Waals surface area (Å²) in [4.78, 5) is 30.8. The van der Waals surface area contributed by atoms with Crippen molar-refractivity contribution in [3.63, 3.8) is 0 Å². The van der Waals surface area contributed by atoms with E-state index in [9.17, 15) is 18.0 Å². The molecule has 1 amide bonds. The van der Waals surface area contributed by atoms with Gasteiger partial charge in [0.2, 0.25) is 5.91 Å². The van der Waals surface area contributed by atoms with Gasteiger partial charge >= 0.3 is 0 Å². The van der Waals surface area contributed by atoms with Gasteiger partial charge in [0.25, 0.3) is 5.56 Å². The highest BCUT2D eigenvalue weighted by atomic mass is 32.2. The quantitative estimate of drug-likeness (QED) is 0.799. The van der Waals surface area contributed by atoms with Gasteiger partial charge in [-0.15, -0.1) is 0 Å². The maximum absolute atomic E-state index is 12.6. The lowest BCUT2D eigenvalue weighted by molar-refractivity contribution is -0.133. The Morgan fingerprint density at radius 2 is 2.12 bits per heavy atom. The zero-order valence-electron chi connectivity index (χ0n) is 13.4. The van der Waals surface area contributed by atoms with E-state index >= 15 is 0 Å². The molecule has 1 fully saturated rings. The van der Waals surface area contributed by atoms with E-state index in [1.165, 1.54) is 10.9 Å². The number of rotatable bonds is 4. The lowest BCUT2D eigenvalue weighted by Gasteiger charge is -2.27. The number of nitrogens with zero attached hydrogens (tertiary/aromatic N) is 3. The predicted octanol–water partition coefficient (Wildman–Crippen LogP) is 0.432. The molecule has 8 heteroatoms. The Morgan fingerprint density at radius 1 is 1.38 bits per heavy atom. The number of aromatic nitrogens is 2. The van der Waals surface area contributed by atoms with Crippen LogP contribution in [0, 0.1) is 0 Å². The summed E-state index contributed by atoms with van der Waals surface area (Å²) in [5.74, 6) is -0.158. The highest BCUT2D eigenvalue weighted by Gasteiger charge is 2.33. The summed E-state index contributed by atoms with van der Waals surface area (Å²) in [5.41, 5.74) is 0.310. The smallest absolute Gasteiger partial charge is 0.261 e. The fraction of sp³-hybridized carbons (Fsp3) is 0.438. The van der Waals surface area contributed by atoms with Crippen LogP contribution in [-0.2, 0) is 21.2 Å². The highest BCUT2D eigenvalue weighted by Crippen LogP contribution is 2.18. The zero-order valence-corrected chi connectivity index (χ0v) is 14.2. The van der Waals surface area contributed by atoms with Crippen molar-refractivity contribution in [2.24, 2.45) is 0 Å². The normalized spacial score (nSPS) is 19.5. The van der Waals surface area contributed by atoms with Crippen LogP contribution in [0.5, 0.6) is 0 Å². The van der Waals surface area contributed by atoms with E-state index in [4.69, 9.17) is 0 Å². The van der Waals surface area contributed by atoms with Crippen molar-refractivity contribution in [3.05, 3.63) is 40.9 Å². The summed E-state index contributed by atoms with van der Waals surface area (Å²) in [6.07, 6.45) is 1.81. The molecule has 2 heterocycles. The zero-order chi connectivity index (χ0) is 17.3. The van der Waals surface area contributed by atoms with E-state index in [1.807, 2.05) is 6.92 Å². The third kappa shape index (κ3) is 3.19. The third-order valence-corrected chi connectivity index (χ3v) is 6.10. The Morgan fingerprint density at radius 3 is 2.79 bits per heavy atom. The van der Waals surface area contributed by atoms with Crippen LogP contribution in [0.4, 0.5) is 0 Å². The van der Waals surface area contributed by atoms with Crippen molar-refractivity contribution in [1.29, 1.82) is 0 Å². The topological polar surface area (TPSA) is 89.3 Å². The van der Waals surface area contributed by atoms with Gasteiger partial charge in [0.05, 0.1) is 28.7 Å². The van der Waals surface area contributed by atoms with Crippen LogP contribution in [0.1, 0.15) is 13.3 Å². The van der Waals surface area contributed by atoms with Crippen molar-refractivity contribution in [2.75, 3.05) is 18.1 Å². The molecule has 1 saturated heterocycles. The molecule has 0 spiro atoms. The number of fused-ring (bicyclic) bond motifs is 1. The van der Waals surface area contributed by atoms with Crippen LogP contribution in [0.3, 0.4) is 0 Å². The van der Waals surface area contributed by atoms with Gasteiger partial charge in [-0.1, -0.05) is 12.1 Å². The first kappa shape index (κ1) is 16.6. The number of benzene rings is 1. The van der Waals surface area contributed by atoms with E-state index in [-0.39, 0.29) is 35.6 Å². The first-order valence-electron chi connectivity index (χ1n) is 7.85. The van der Waals surface area contributed by atoms with Gasteiger partial charge in [-0.25, -0.2) is 13.4 Å². The minimum absolute atomic E-state index is 0.00253. The minimum atomic E-state index is -3.07. The standard InChI is InChI=1S/C16H19N3O4S/c1-2-19(12-7-8-24(22,23)10-12)15(20)9-18-11-17-14-6-4-3-5-13(14)16(18)21/h3-6,11-12H,2,7-10H2,1H3/t12-/m0/s1. The summed E-state index contributed by atoms with van der Waals surface area (Å²) < 4.78 is 24.6. The van der Waals surface area contributed by atoms with Crippen LogP contribution >= 0.6 is 0 Å². The molecule has 128 valence electrons. The Kier molecular flexibility index (Phi) is 4.40. The van der Waals surface area contributed by atoms with Gasteiger partial charge in [0.15, 0.2) is 9.84 Å². The monoisotopic (exact) mass is 349 g/mol. The van der Waals surface area contributed by atoms with Crippen molar-refractivity contribution in [1.82, 2.24) is 14.5 Å². The number of carbonyl (C=O) groups is 1. The fourth-order valence-corrected chi connectivity index (χ4v) is 4.85. The van der Waals surface area contributed by atoms with E-state index < -0.39 is 9.84 Å². The lowest BCUT2D eigenvalue weighted by Crippen LogP contribution is -2.43. The maximum atomic E-state index is 12.6. The van der Waals surface area contributed by atoms with E-state index in [1.54, 1.807) is 29.2 Å². The summed E-state index contributed by atoms with van der Waals surface area (Å²) in [6.45, 7) is 2.08. The van der Waals surface area contributed by atoms with Gasteiger partial charge in [-0.05, 0) is 25.5 Å². The van der Waals surface area contributed by atoms with Crippen molar-refractivity contribution >= 4 is 26.6 Å². The van der Waals surface area contributed by atoms with Crippen LogP contribution < -0.4 is 5.56 Å². The molecule has 7 nitrogen and oxygen atoms in total. The van der Waals surface area contributed by atoms with E-state index in [0.717, 1.165) is 0 Å². The molecule has 24 heavy (non-hydrogen) atoms. The van der Waals surface area contributed by atoms with E-state index in [0.29, 0.717) is 23.9 Å². The Balaban J connectivity index is 1.83. The summed E-state index contributed by atoms with van der Waals surface area (Å²) in [5, 5.41) is 0.458. The average Bonchev–Trinajstić information content (AvgIpc) is 2.91. The number of likely N-dealkylation sites (N-methyl/N-ethyl adjacent to an activating group) is 1. The summed E-state index contributed by atoms with van der Waals surface area (Å²) >= 11 is 0. The van der Waals surface area contributed by atoms with Crippen LogP contribution in [0.2, 0.25) is 0 Å². The molecular formula is C16H19N3O4S. The molecule has 0 bridgehead atoms. The lowest BCUT2D eigenvalue weighted by atomic mass is 10.2. The molecule has 1 aliphatic heterocycles. The molecule has 0 aliphatic carbocycles. The molecule has 0 unspecified atom stereocenters. The number of carbonyl (C=O) groups excluding carboxylic acids is 1. The number of hydrogen-bond acceptors (Lipinski definition) is 5. The molecule has 2 aromatic rings. The molecule has 1 atom stereocenters. The summed E-state index contributed by atoms with van der Waals surface area (Å²) in [6, 6.07) is 6.65. The fourth-order valence-electron chi connectivity index (χ4n) is 3.11. The van der Waals surface area contributed by atoms with Gasteiger partial charge in [0.1, 0.15) is 6.54 Å². The molecule has 3 rings (SSSR count). The number of amides is 1. The minimum Gasteiger partial charge on any atom is -0.337 e. The first-order chi connectivity index (χ1) is 11.4. The molecule has 1 aliphatic rings. The van der Waals surface area contributed by atoms with Crippen molar-refractivity contribution in [2.45, 2.75) is 25.9 Å². The van der Waals surface area contributed by atoms with Crippen LogP contribution in [0.15, 0.2) is 35.4 Å². The molecule has 0 N–H and O–H groups in total. The molecule has 1 aromatic carbocycles. The second-order valence-corrected chi connectivity index (χ2v) is 8.16. The molecule has 0 saturated carbocycles. The maximum Gasteiger partial charge on any atom is 0.261 e. The van der Waals surface area contributed by atoms with E-state index in [2.05, 4.69) is 4.98 Å². The molecule has 0 radical (unpaired) electrons. The van der Waals surface area contributed by atoms with Gasteiger partial charge in [-0.3, -0.25) is 14.2 Å². The highest BCUT2D eigenvalue weighted by molar-refractivity contribution is 7.91. The second-order valence-electron chi connectivity index (χ2n) is 5.93. The Bertz CT molecular complexity index is 936. The second kappa shape index (κ2) is 6.35. The Hall–Kier alpha value is -2.22. The predicted molar refractivity (Wildman–Crippen MR) is 90.4 cm³/mol. The number of hydrogen-bond donors (Lipinski definition) is 0. The average molecular weight is 349 g/mol. The molecular weight excluding hydrogens is 330 g/mol. The van der Waals surface area contributed by atoms with Crippen LogP contribution in [-0.4, -0.2) is 52.9 Å². The van der Waals surface area contributed by atoms with Crippen molar-refractivity contribution in [3.8, 4) is 0 Å². The number of sulfone groups is 1. The summed E-state index contributed by atoms with van der Waals surface area (Å²) in [7, 11) is -3.07. The van der Waals surface area contributed by atoms with Gasteiger partial charge < -0.3 is 4.90 Å². The Labute approximate surface area is 139 Å². The van der Waals surface area contributed by atoms with Crippen LogP contribution in [0.25, 0.3) is 10.9 Å². The van der Waals surface area contributed by atoms with Gasteiger partial charge in [0, 0.05) is 12.6 Å².